The van der Waals surface area contributed by atoms with E-state index >= 15 is 0 Å². The van der Waals surface area contributed by atoms with Crippen LogP contribution >= 0.6 is 0 Å². The summed E-state index contributed by atoms with van der Waals surface area (Å²) in [6, 6.07) is 14.6. The number of fused-ring (bicyclic) bond motifs is 1. The molecule has 0 saturated carbocycles. The quantitative estimate of drug-likeness (QED) is 0.326. The van der Waals surface area contributed by atoms with Crippen molar-refractivity contribution in [2.75, 3.05) is 13.2 Å². The molecule has 33 heavy (non-hydrogen) atoms. The van der Waals surface area contributed by atoms with Crippen molar-refractivity contribution >= 4 is 16.9 Å². The van der Waals surface area contributed by atoms with Crippen molar-refractivity contribution in [1.29, 1.82) is 0 Å². The second-order valence-corrected chi connectivity index (χ2v) is 8.88. The van der Waals surface area contributed by atoms with Gasteiger partial charge in [0.05, 0.1) is 17.6 Å². The van der Waals surface area contributed by atoms with Gasteiger partial charge in [-0.3, -0.25) is 4.79 Å². The Hall–Kier alpha value is -2.82. The van der Waals surface area contributed by atoms with Crippen LogP contribution in [0.5, 0.6) is 5.75 Å². The first kappa shape index (κ1) is 24.8. The number of ether oxygens (including phenoxy) is 1. The average molecular weight is 450 g/mol. The summed E-state index contributed by atoms with van der Waals surface area (Å²) < 4.78 is 8.29. The summed E-state index contributed by atoms with van der Waals surface area (Å²) in [5.74, 6) is 2.35. The lowest BCUT2D eigenvalue weighted by Gasteiger charge is -2.13. The maximum Gasteiger partial charge on any atom is 0.223 e. The summed E-state index contributed by atoms with van der Waals surface area (Å²) in [6.07, 6.45) is 5.56. The zero-order valence-electron chi connectivity index (χ0n) is 20.7. The molecule has 0 aliphatic heterocycles. The van der Waals surface area contributed by atoms with Gasteiger partial charge < -0.3 is 14.6 Å². The Morgan fingerprint density at radius 1 is 1.03 bits per heavy atom. The highest BCUT2D eigenvalue weighted by Gasteiger charge is 2.14. The standard InChI is InChI=1S/C28H39N3O2/c1-5-23(6-2)28(32)29-17-11-14-27-30-25-12-7-8-13-26(25)31(27)18-9-10-19-33-24-16-15-21(3)22(4)20-24/h7-8,12-13,15-16,20,23H,5-6,9-11,14,17-19H2,1-4H3,(H,29,32). The van der Waals surface area contributed by atoms with Crippen LogP contribution in [0.3, 0.4) is 0 Å². The first-order valence-corrected chi connectivity index (χ1v) is 12.4. The normalized spacial score (nSPS) is 11.3. The van der Waals surface area contributed by atoms with Gasteiger partial charge in [0.2, 0.25) is 5.91 Å². The van der Waals surface area contributed by atoms with Crippen molar-refractivity contribution in [3.8, 4) is 5.75 Å². The molecule has 0 spiro atoms. The topological polar surface area (TPSA) is 56.2 Å². The number of imidazole rings is 1. The van der Waals surface area contributed by atoms with Crippen LogP contribution in [0, 0.1) is 19.8 Å². The minimum atomic E-state index is 0.126. The van der Waals surface area contributed by atoms with E-state index < -0.39 is 0 Å². The lowest BCUT2D eigenvalue weighted by Crippen LogP contribution is -2.31. The third kappa shape index (κ3) is 6.83. The summed E-state index contributed by atoms with van der Waals surface area (Å²) >= 11 is 0. The van der Waals surface area contributed by atoms with Crippen LogP contribution in [0.1, 0.15) is 62.9 Å². The third-order valence-electron chi connectivity index (χ3n) is 6.49. The molecule has 1 N–H and O–H groups in total. The molecule has 1 amide bonds. The zero-order valence-corrected chi connectivity index (χ0v) is 20.7. The van der Waals surface area contributed by atoms with E-state index in [1.54, 1.807) is 0 Å². The molecule has 178 valence electrons. The number of hydrogen-bond acceptors (Lipinski definition) is 3. The predicted molar refractivity (Wildman–Crippen MR) is 136 cm³/mol. The second kappa shape index (κ2) is 12.4. The lowest BCUT2D eigenvalue weighted by molar-refractivity contribution is -0.125. The highest BCUT2D eigenvalue weighted by molar-refractivity contribution is 5.78. The fourth-order valence-electron chi connectivity index (χ4n) is 4.19. The van der Waals surface area contributed by atoms with Crippen LogP contribution in [-0.4, -0.2) is 28.6 Å². The Bertz CT molecular complexity index is 1040. The second-order valence-electron chi connectivity index (χ2n) is 8.88. The molecular weight excluding hydrogens is 410 g/mol. The Kier molecular flexibility index (Phi) is 9.35. The van der Waals surface area contributed by atoms with Crippen LogP contribution in [0.4, 0.5) is 0 Å². The van der Waals surface area contributed by atoms with Crippen molar-refractivity contribution in [1.82, 2.24) is 14.9 Å². The van der Waals surface area contributed by atoms with Gasteiger partial charge in [-0.1, -0.05) is 32.0 Å². The van der Waals surface area contributed by atoms with Gasteiger partial charge in [-0.05, 0) is 81.3 Å². The number of hydrogen-bond donors (Lipinski definition) is 1. The Labute approximate surface area is 198 Å². The molecule has 5 nitrogen and oxygen atoms in total. The van der Waals surface area contributed by atoms with Crippen molar-refractivity contribution in [2.45, 2.75) is 72.8 Å². The molecular formula is C28H39N3O2. The van der Waals surface area contributed by atoms with Crippen molar-refractivity contribution in [3.05, 3.63) is 59.4 Å². The van der Waals surface area contributed by atoms with Gasteiger partial charge in [-0.15, -0.1) is 0 Å². The van der Waals surface area contributed by atoms with E-state index in [4.69, 9.17) is 9.72 Å². The van der Waals surface area contributed by atoms with Gasteiger partial charge >= 0.3 is 0 Å². The van der Waals surface area contributed by atoms with E-state index in [1.165, 1.54) is 16.6 Å². The van der Waals surface area contributed by atoms with Crippen molar-refractivity contribution < 1.29 is 9.53 Å². The summed E-state index contributed by atoms with van der Waals surface area (Å²) in [5, 5.41) is 3.10. The van der Waals surface area contributed by atoms with Gasteiger partial charge in [-0.25, -0.2) is 4.98 Å². The predicted octanol–water partition coefficient (Wildman–Crippen LogP) is 6.00. The van der Waals surface area contributed by atoms with E-state index in [2.05, 4.69) is 67.9 Å². The number of aryl methyl sites for hydroxylation is 4. The van der Waals surface area contributed by atoms with Crippen LogP contribution in [-0.2, 0) is 17.8 Å². The molecule has 0 atom stereocenters. The van der Waals surface area contributed by atoms with Gasteiger partial charge in [0.25, 0.3) is 0 Å². The molecule has 0 bridgehead atoms. The van der Waals surface area contributed by atoms with E-state index in [1.807, 2.05) is 12.1 Å². The molecule has 0 fully saturated rings. The number of nitrogens with one attached hydrogen (secondary N) is 1. The Morgan fingerprint density at radius 3 is 2.58 bits per heavy atom. The number of amides is 1. The minimum Gasteiger partial charge on any atom is -0.494 e. The van der Waals surface area contributed by atoms with E-state index in [-0.39, 0.29) is 11.8 Å². The summed E-state index contributed by atoms with van der Waals surface area (Å²) in [4.78, 5) is 17.1. The summed E-state index contributed by atoms with van der Waals surface area (Å²) in [6.45, 7) is 10.7. The van der Waals surface area contributed by atoms with E-state index in [9.17, 15) is 4.79 Å². The number of benzene rings is 2. The zero-order chi connectivity index (χ0) is 23.6. The molecule has 0 aliphatic carbocycles. The van der Waals surface area contributed by atoms with Gasteiger partial charge in [0.15, 0.2) is 0 Å². The maximum absolute atomic E-state index is 12.2. The molecule has 5 heteroatoms. The molecule has 2 aromatic carbocycles. The van der Waals surface area contributed by atoms with Crippen molar-refractivity contribution in [2.24, 2.45) is 5.92 Å². The highest BCUT2D eigenvalue weighted by atomic mass is 16.5. The highest BCUT2D eigenvalue weighted by Crippen LogP contribution is 2.19. The molecule has 0 unspecified atom stereocenters. The Balaban J connectivity index is 1.51. The first-order valence-electron chi connectivity index (χ1n) is 12.4. The minimum absolute atomic E-state index is 0.126. The number of rotatable bonds is 13. The molecule has 1 heterocycles. The monoisotopic (exact) mass is 449 g/mol. The van der Waals surface area contributed by atoms with Gasteiger partial charge in [0, 0.05) is 25.4 Å². The van der Waals surface area contributed by atoms with Crippen LogP contribution in [0.15, 0.2) is 42.5 Å². The Morgan fingerprint density at radius 2 is 1.82 bits per heavy atom. The molecule has 0 saturated heterocycles. The number of carbonyl (C=O) groups excluding carboxylic acids is 1. The first-order chi connectivity index (χ1) is 16.0. The van der Waals surface area contributed by atoms with Gasteiger partial charge in [0.1, 0.15) is 11.6 Å². The van der Waals surface area contributed by atoms with Crippen LogP contribution < -0.4 is 10.1 Å². The molecule has 3 aromatic rings. The number of aromatic nitrogens is 2. The SMILES string of the molecule is CCC(CC)C(=O)NCCCc1nc2ccccc2n1CCCCOc1ccc(C)c(C)c1. The van der Waals surface area contributed by atoms with Crippen LogP contribution in [0.2, 0.25) is 0 Å². The fourth-order valence-corrected chi connectivity index (χ4v) is 4.19. The largest absolute Gasteiger partial charge is 0.494 e. The lowest BCUT2D eigenvalue weighted by atomic mass is 10.0. The van der Waals surface area contributed by atoms with E-state index in [0.717, 1.165) is 62.2 Å². The molecule has 0 radical (unpaired) electrons. The number of unbranched alkanes of at least 4 members (excludes halogenated alkanes) is 1. The molecule has 1 aromatic heterocycles. The average Bonchev–Trinajstić information content (AvgIpc) is 3.17. The summed E-state index contributed by atoms with van der Waals surface area (Å²) in [5.41, 5.74) is 4.78. The number of nitrogens with zero attached hydrogens (tertiary/aromatic N) is 2. The van der Waals surface area contributed by atoms with Crippen LogP contribution in [0.25, 0.3) is 11.0 Å². The maximum atomic E-state index is 12.2. The molecule has 3 rings (SSSR count). The fraction of sp³-hybridized carbons (Fsp3) is 0.500. The smallest absolute Gasteiger partial charge is 0.223 e. The van der Waals surface area contributed by atoms with E-state index in [0.29, 0.717) is 13.2 Å². The van der Waals surface area contributed by atoms with Crippen molar-refractivity contribution in [3.63, 3.8) is 0 Å². The number of carbonyl (C=O) groups is 1. The number of para-hydroxylation sites is 2. The molecule has 0 aliphatic rings. The van der Waals surface area contributed by atoms with Gasteiger partial charge in [-0.2, -0.15) is 0 Å². The summed E-state index contributed by atoms with van der Waals surface area (Å²) in [7, 11) is 0. The third-order valence-corrected chi connectivity index (χ3v) is 6.49.